The summed E-state index contributed by atoms with van der Waals surface area (Å²) >= 11 is 0. The van der Waals surface area contributed by atoms with Crippen molar-refractivity contribution >= 4 is 0 Å². The lowest BCUT2D eigenvalue weighted by Gasteiger charge is -2.48. The lowest BCUT2D eigenvalue weighted by atomic mass is 9.58. The third-order valence-corrected chi connectivity index (χ3v) is 4.47. The second kappa shape index (κ2) is 3.27. The molecule has 2 fully saturated rings. The van der Waals surface area contributed by atoms with Gasteiger partial charge in [0, 0.05) is 6.54 Å². The SMILES string of the molecule is CCC(C)C1CC2(CCN(C)C2)C1. The zero-order valence-electron chi connectivity index (χ0n) is 9.34. The van der Waals surface area contributed by atoms with Crippen LogP contribution in [0.25, 0.3) is 0 Å². The third kappa shape index (κ3) is 1.63. The standard InChI is InChI=1S/C12H23N/c1-4-10(2)11-7-12(8-11)5-6-13(3)9-12/h10-11H,4-9H2,1-3H3. The summed E-state index contributed by atoms with van der Waals surface area (Å²) < 4.78 is 0. The van der Waals surface area contributed by atoms with E-state index < -0.39 is 0 Å². The first-order valence-corrected chi connectivity index (χ1v) is 5.84. The summed E-state index contributed by atoms with van der Waals surface area (Å²) in [7, 11) is 2.27. The average molecular weight is 181 g/mol. The molecule has 2 aliphatic rings. The maximum Gasteiger partial charge on any atom is 0.00356 e. The maximum absolute atomic E-state index is 2.51. The number of rotatable bonds is 2. The summed E-state index contributed by atoms with van der Waals surface area (Å²) in [6, 6.07) is 0. The number of likely N-dealkylation sites (tertiary alicyclic amines) is 1. The molecule has 1 aliphatic heterocycles. The van der Waals surface area contributed by atoms with Gasteiger partial charge in [0.2, 0.25) is 0 Å². The molecule has 13 heavy (non-hydrogen) atoms. The minimum absolute atomic E-state index is 0.767. The van der Waals surface area contributed by atoms with Gasteiger partial charge in [-0.25, -0.2) is 0 Å². The van der Waals surface area contributed by atoms with E-state index in [-0.39, 0.29) is 0 Å². The Bertz CT molecular complexity index is 182. The fraction of sp³-hybridized carbons (Fsp3) is 1.00. The Morgan fingerprint density at radius 3 is 2.62 bits per heavy atom. The lowest BCUT2D eigenvalue weighted by molar-refractivity contribution is 0.0300. The van der Waals surface area contributed by atoms with Crippen LogP contribution < -0.4 is 0 Å². The molecule has 1 spiro atoms. The molecule has 1 nitrogen and oxygen atoms in total. The molecule has 0 aromatic rings. The van der Waals surface area contributed by atoms with Crippen LogP contribution in [0.1, 0.15) is 39.5 Å². The largest absolute Gasteiger partial charge is 0.306 e. The minimum Gasteiger partial charge on any atom is -0.306 e. The summed E-state index contributed by atoms with van der Waals surface area (Å²) in [5, 5.41) is 0. The molecule has 0 N–H and O–H groups in total. The summed E-state index contributed by atoms with van der Waals surface area (Å²) in [5.41, 5.74) is 0.767. The topological polar surface area (TPSA) is 3.24 Å². The van der Waals surface area contributed by atoms with E-state index in [1.165, 1.54) is 38.8 Å². The van der Waals surface area contributed by atoms with Gasteiger partial charge in [-0.2, -0.15) is 0 Å². The molecule has 1 saturated carbocycles. The van der Waals surface area contributed by atoms with Crippen LogP contribution in [0, 0.1) is 17.3 Å². The van der Waals surface area contributed by atoms with E-state index in [0.717, 1.165) is 17.3 Å². The molecule has 1 heteroatoms. The maximum atomic E-state index is 2.51. The van der Waals surface area contributed by atoms with Crippen LogP contribution in [0.3, 0.4) is 0 Å². The molecule has 0 amide bonds. The predicted octanol–water partition coefficient (Wildman–Crippen LogP) is 2.76. The molecule has 0 bridgehead atoms. The van der Waals surface area contributed by atoms with Crippen LogP contribution in [-0.2, 0) is 0 Å². The highest BCUT2D eigenvalue weighted by Gasteiger charge is 2.48. The van der Waals surface area contributed by atoms with Crippen molar-refractivity contribution in [3.63, 3.8) is 0 Å². The van der Waals surface area contributed by atoms with Crippen LogP contribution in [0.4, 0.5) is 0 Å². The molecule has 1 heterocycles. The van der Waals surface area contributed by atoms with Gasteiger partial charge in [-0.15, -0.1) is 0 Å². The van der Waals surface area contributed by atoms with E-state index in [1.807, 2.05) is 0 Å². The molecule has 0 aromatic heterocycles. The van der Waals surface area contributed by atoms with Crippen molar-refractivity contribution in [1.82, 2.24) is 4.90 Å². The van der Waals surface area contributed by atoms with Crippen LogP contribution in [0.15, 0.2) is 0 Å². The second-order valence-corrected chi connectivity index (χ2v) is 5.54. The van der Waals surface area contributed by atoms with Crippen LogP contribution in [-0.4, -0.2) is 25.0 Å². The van der Waals surface area contributed by atoms with E-state index in [1.54, 1.807) is 0 Å². The Morgan fingerprint density at radius 2 is 2.15 bits per heavy atom. The Balaban J connectivity index is 1.83. The van der Waals surface area contributed by atoms with Crippen LogP contribution >= 0.6 is 0 Å². The Hall–Kier alpha value is -0.0400. The van der Waals surface area contributed by atoms with Gasteiger partial charge in [0.25, 0.3) is 0 Å². The van der Waals surface area contributed by atoms with Crippen molar-refractivity contribution in [2.75, 3.05) is 20.1 Å². The molecule has 76 valence electrons. The highest BCUT2D eigenvalue weighted by molar-refractivity contribution is 5.00. The van der Waals surface area contributed by atoms with Crippen LogP contribution in [0.2, 0.25) is 0 Å². The monoisotopic (exact) mass is 181 g/mol. The molecule has 0 aromatic carbocycles. The molecule has 1 aliphatic carbocycles. The average Bonchev–Trinajstić information content (AvgIpc) is 2.43. The van der Waals surface area contributed by atoms with E-state index in [0.29, 0.717) is 0 Å². The predicted molar refractivity (Wildman–Crippen MR) is 56.7 cm³/mol. The number of hydrogen-bond donors (Lipinski definition) is 0. The Morgan fingerprint density at radius 1 is 1.46 bits per heavy atom. The number of hydrogen-bond acceptors (Lipinski definition) is 1. The second-order valence-electron chi connectivity index (χ2n) is 5.54. The first kappa shape index (κ1) is 9.51. The Labute approximate surface area is 82.5 Å². The van der Waals surface area contributed by atoms with Gasteiger partial charge in [-0.1, -0.05) is 20.3 Å². The van der Waals surface area contributed by atoms with E-state index in [9.17, 15) is 0 Å². The summed E-state index contributed by atoms with van der Waals surface area (Å²) in [4.78, 5) is 2.51. The molecule has 1 unspecified atom stereocenters. The Kier molecular flexibility index (Phi) is 2.39. The third-order valence-electron chi connectivity index (χ3n) is 4.47. The van der Waals surface area contributed by atoms with Crippen molar-refractivity contribution in [1.29, 1.82) is 0 Å². The zero-order valence-corrected chi connectivity index (χ0v) is 9.34. The van der Waals surface area contributed by atoms with Gasteiger partial charge in [0.05, 0.1) is 0 Å². The summed E-state index contributed by atoms with van der Waals surface area (Å²) in [5.74, 6) is 2.02. The molecule has 1 saturated heterocycles. The normalized spacial score (nSPS) is 42.2. The van der Waals surface area contributed by atoms with Crippen molar-refractivity contribution < 1.29 is 0 Å². The minimum atomic E-state index is 0.767. The summed E-state index contributed by atoms with van der Waals surface area (Å²) in [6.07, 6.45) is 5.88. The molecular formula is C12H23N. The van der Waals surface area contributed by atoms with E-state index in [2.05, 4.69) is 25.8 Å². The molecular weight excluding hydrogens is 158 g/mol. The smallest absolute Gasteiger partial charge is 0.00356 e. The summed E-state index contributed by atoms with van der Waals surface area (Å²) in [6.45, 7) is 7.47. The fourth-order valence-electron chi connectivity index (χ4n) is 3.28. The first-order chi connectivity index (χ1) is 6.15. The highest BCUT2D eigenvalue weighted by Crippen LogP contribution is 2.54. The van der Waals surface area contributed by atoms with Gasteiger partial charge in [0.1, 0.15) is 0 Å². The molecule has 2 rings (SSSR count). The quantitative estimate of drug-likeness (QED) is 0.633. The highest BCUT2D eigenvalue weighted by atomic mass is 15.1. The molecule has 1 atom stereocenters. The van der Waals surface area contributed by atoms with Gasteiger partial charge in [0.15, 0.2) is 0 Å². The van der Waals surface area contributed by atoms with Gasteiger partial charge >= 0.3 is 0 Å². The van der Waals surface area contributed by atoms with Crippen LogP contribution in [0.5, 0.6) is 0 Å². The number of nitrogens with zero attached hydrogens (tertiary/aromatic N) is 1. The first-order valence-electron chi connectivity index (χ1n) is 5.84. The van der Waals surface area contributed by atoms with Crippen molar-refractivity contribution in [2.24, 2.45) is 17.3 Å². The van der Waals surface area contributed by atoms with E-state index >= 15 is 0 Å². The van der Waals surface area contributed by atoms with Crippen molar-refractivity contribution in [3.8, 4) is 0 Å². The van der Waals surface area contributed by atoms with Gasteiger partial charge in [-0.3, -0.25) is 0 Å². The van der Waals surface area contributed by atoms with Gasteiger partial charge in [-0.05, 0) is 50.1 Å². The lowest BCUT2D eigenvalue weighted by Crippen LogP contribution is -2.41. The molecule has 0 radical (unpaired) electrons. The van der Waals surface area contributed by atoms with Gasteiger partial charge < -0.3 is 4.90 Å². The van der Waals surface area contributed by atoms with Crippen molar-refractivity contribution in [2.45, 2.75) is 39.5 Å². The van der Waals surface area contributed by atoms with Crippen molar-refractivity contribution in [3.05, 3.63) is 0 Å². The zero-order chi connectivity index (χ0) is 9.47. The van der Waals surface area contributed by atoms with E-state index in [4.69, 9.17) is 0 Å². The fourth-order valence-corrected chi connectivity index (χ4v) is 3.28.